The first kappa shape index (κ1) is 20.6. The van der Waals surface area contributed by atoms with E-state index >= 15 is 0 Å². The van der Waals surface area contributed by atoms with Gasteiger partial charge in [-0.3, -0.25) is 9.59 Å². The Kier molecular flexibility index (Phi) is 4.93. The summed E-state index contributed by atoms with van der Waals surface area (Å²) in [6, 6.07) is 8.62. The number of nitrogens with one attached hydrogen (secondary N) is 2. The number of aromatic nitrogens is 3. The Labute approximate surface area is 189 Å². The van der Waals surface area contributed by atoms with Crippen LogP contribution in [0.1, 0.15) is 35.7 Å². The summed E-state index contributed by atoms with van der Waals surface area (Å²) in [5.74, 6) is 0.469. The number of hydrogen-bond acceptors (Lipinski definition) is 6. The summed E-state index contributed by atoms with van der Waals surface area (Å²) in [6.45, 7) is 2.74. The second-order valence-corrected chi connectivity index (χ2v) is 8.80. The molecule has 3 aromatic rings. The van der Waals surface area contributed by atoms with Crippen LogP contribution in [-0.4, -0.2) is 56.5 Å². The van der Waals surface area contributed by atoms with Crippen LogP contribution < -0.4 is 15.4 Å². The van der Waals surface area contributed by atoms with E-state index in [-0.39, 0.29) is 17.4 Å². The quantitative estimate of drug-likeness (QED) is 0.614. The molecule has 0 radical (unpaired) electrons. The molecule has 1 saturated carbocycles. The third-order valence-corrected chi connectivity index (χ3v) is 6.26. The van der Waals surface area contributed by atoms with Crippen molar-refractivity contribution in [3.05, 3.63) is 52.7 Å². The van der Waals surface area contributed by atoms with Gasteiger partial charge in [-0.1, -0.05) is 23.7 Å². The fraction of sp³-hybridized carbons (Fsp3) is 0.364. The number of piperazine rings is 1. The summed E-state index contributed by atoms with van der Waals surface area (Å²) in [5.41, 5.74) is 1.60. The van der Waals surface area contributed by atoms with Crippen LogP contribution in [0.2, 0.25) is 5.02 Å². The Morgan fingerprint density at radius 2 is 2.19 bits per heavy atom. The molecule has 32 heavy (non-hydrogen) atoms. The highest BCUT2D eigenvalue weighted by Gasteiger charge is 2.51. The number of rotatable bonds is 5. The third-order valence-electron chi connectivity index (χ3n) is 6.03. The number of carbonyl (C=O) groups excluding carboxylic acids is 2. The van der Waals surface area contributed by atoms with Gasteiger partial charge in [0.15, 0.2) is 11.4 Å². The van der Waals surface area contributed by atoms with Crippen molar-refractivity contribution in [3.63, 3.8) is 0 Å². The van der Waals surface area contributed by atoms with E-state index in [9.17, 15) is 9.59 Å². The summed E-state index contributed by atoms with van der Waals surface area (Å²) in [7, 11) is 1.52. The molecule has 10 heteroatoms. The van der Waals surface area contributed by atoms with E-state index in [4.69, 9.17) is 16.3 Å². The normalized spacial score (nSPS) is 19.2. The fourth-order valence-corrected chi connectivity index (χ4v) is 4.20. The Morgan fingerprint density at radius 3 is 2.91 bits per heavy atom. The van der Waals surface area contributed by atoms with Gasteiger partial charge in [-0.25, -0.2) is 4.52 Å². The smallest absolute Gasteiger partial charge is 0.256 e. The number of hydrogen-bond donors (Lipinski definition) is 2. The predicted molar refractivity (Wildman–Crippen MR) is 119 cm³/mol. The van der Waals surface area contributed by atoms with Gasteiger partial charge < -0.3 is 20.3 Å². The third kappa shape index (κ3) is 3.73. The fourth-order valence-electron chi connectivity index (χ4n) is 3.98. The first-order valence-corrected chi connectivity index (χ1v) is 10.8. The molecule has 3 heterocycles. The van der Waals surface area contributed by atoms with E-state index in [2.05, 4.69) is 20.7 Å². The minimum absolute atomic E-state index is 0.122. The zero-order valence-corrected chi connectivity index (χ0v) is 18.5. The molecule has 1 spiro atoms. The minimum Gasteiger partial charge on any atom is -0.493 e. The van der Waals surface area contributed by atoms with Crippen molar-refractivity contribution in [2.45, 2.75) is 37.9 Å². The standard InChI is InChI=1S/C22H23ClN6O3/c1-13-19(30)26-22(6-7-22)12-28(13)20(31)15-9-17(32-2)18-25-21(27-29(18)11-15)24-10-14-4-3-5-16(23)8-14/h3-5,8-9,11,13H,6-7,10,12H2,1-2H3,(H,24,27)(H,26,30). The van der Waals surface area contributed by atoms with Crippen molar-refractivity contribution in [1.82, 2.24) is 24.8 Å². The van der Waals surface area contributed by atoms with E-state index in [1.807, 2.05) is 24.3 Å². The maximum absolute atomic E-state index is 13.3. The van der Waals surface area contributed by atoms with Crippen LogP contribution in [0.25, 0.3) is 5.65 Å². The maximum atomic E-state index is 13.3. The lowest BCUT2D eigenvalue weighted by atomic mass is 10.1. The van der Waals surface area contributed by atoms with E-state index in [0.717, 1.165) is 18.4 Å². The first-order chi connectivity index (χ1) is 15.4. The van der Waals surface area contributed by atoms with Crippen LogP contribution in [-0.2, 0) is 11.3 Å². The van der Waals surface area contributed by atoms with Crippen molar-refractivity contribution in [2.75, 3.05) is 19.0 Å². The molecule has 1 atom stereocenters. The lowest BCUT2D eigenvalue weighted by molar-refractivity contribution is -0.129. The van der Waals surface area contributed by atoms with Gasteiger partial charge >= 0.3 is 0 Å². The molecule has 1 unspecified atom stereocenters. The highest BCUT2D eigenvalue weighted by Crippen LogP contribution is 2.39. The Bertz CT molecular complexity index is 1220. The van der Waals surface area contributed by atoms with Crippen molar-refractivity contribution in [2.24, 2.45) is 0 Å². The van der Waals surface area contributed by atoms with E-state index in [0.29, 0.717) is 41.0 Å². The van der Waals surface area contributed by atoms with Crippen molar-refractivity contribution >= 4 is 35.0 Å². The number of carbonyl (C=O) groups is 2. The van der Waals surface area contributed by atoms with Crippen LogP contribution in [0.5, 0.6) is 5.75 Å². The molecule has 2 aromatic heterocycles. The SMILES string of the molecule is COc1cc(C(=O)N2CC3(CC3)NC(=O)C2C)cn2nc(NCc3cccc(Cl)c3)nc12. The highest BCUT2D eigenvalue weighted by molar-refractivity contribution is 6.30. The number of halogens is 1. The van der Waals surface area contributed by atoms with Crippen LogP contribution in [0.3, 0.4) is 0 Å². The molecule has 1 aliphatic heterocycles. The molecule has 1 aliphatic carbocycles. The molecule has 2 fully saturated rings. The van der Waals surface area contributed by atoms with E-state index in [1.165, 1.54) is 11.6 Å². The van der Waals surface area contributed by atoms with Gasteiger partial charge in [-0.15, -0.1) is 5.10 Å². The molecule has 0 bridgehead atoms. The predicted octanol–water partition coefficient (Wildman–Crippen LogP) is 2.50. The summed E-state index contributed by atoms with van der Waals surface area (Å²) in [5, 5.41) is 11.3. The summed E-state index contributed by atoms with van der Waals surface area (Å²) < 4.78 is 7.00. The number of ether oxygens (including phenoxy) is 1. The molecule has 2 amide bonds. The number of fused-ring (bicyclic) bond motifs is 1. The van der Waals surface area contributed by atoms with Crippen LogP contribution in [0.4, 0.5) is 5.95 Å². The topological polar surface area (TPSA) is 101 Å². The second-order valence-electron chi connectivity index (χ2n) is 8.36. The maximum Gasteiger partial charge on any atom is 0.256 e. The molecule has 1 saturated heterocycles. The Hall–Kier alpha value is -3.33. The lowest BCUT2D eigenvalue weighted by Crippen LogP contribution is -2.61. The largest absolute Gasteiger partial charge is 0.493 e. The number of pyridine rings is 1. The van der Waals surface area contributed by atoms with Crippen molar-refractivity contribution in [3.8, 4) is 5.75 Å². The van der Waals surface area contributed by atoms with Crippen LogP contribution in [0, 0.1) is 0 Å². The van der Waals surface area contributed by atoms with Crippen molar-refractivity contribution < 1.29 is 14.3 Å². The molecule has 1 aromatic carbocycles. The lowest BCUT2D eigenvalue weighted by Gasteiger charge is -2.38. The number of methoxy groups -OCH3 is 1. The van der Waals surface area contributed by atoms with Gasteiger partial charge in [0.25, 0.3) is 5.91 Å². The summed E-state index contributed by atoms with van der Waals surface area (Å²) in [6.07, 6.45) is 3.40. The first-order valence-electron chi connectivity index (χ1n) is 10.4. The van der Waals surface area contributed by atoms with Gasteiger partial charge in [-0.2, -0.15) is 4.98 Å². The molecule has 166 valence electrons. The average Bonchev–Trinajstić information content (AvgIpc) is 3.39. The van der Waals surface area contributed by atoms with Crippen molar-refractivity contribution in [1.29, 1.82) is 0 Å². The van der Waals surface area contributed by atoms with Gasteiger partial charge in [0.2, 0.25) is 11.9 Å². The van der Waals surface area contributed by atoms with Crippen LogP contribution >= 0.6 is 11.6 Å². The number of amides is 2. The Balaban J connectivity index is 1.41. The van der Waals surface area contributed by atoms with Gasteiger partial charge in [0, 0.05) is 24.3 Å². The van der Waals surface area contributed by atoms with Crippen LogP contribution in [0.15, 0.2) is 36.5 Å². The van der Waals surface area contributed by atoms with Gasteiger partial charge in [-0.05, 0) is 43.5 Å². The minimum atomic E-state index is -0.541. The Morgan fingerprint density at radius 1 is 1.38 bits per heavy atom. The molecule has 5 rings (SSSR count). The highest BCUT2D eigenvalue weighted by atomic mass is 35.5. The summed E-state index contributed by atoms with van der Waals surface area (Å²) in [4.78, 5) is 31.8. The molecular formula is C22H23ClN6O3. The van der Waals surface area contributed by atoms with Gasteiger partial charge in [0.1, 0.15) is 6.04 Å². The zero-order valence-electron chi connectivity index (χ0n) is 17.8. The number of nitrogens with zero attached hydrogens (tertiary/aromatic N) is 4. The van der Waals surface area contributed by atoms with Gasteiger partial charge in [0.05, 0.1) is 18.2 Å². The number of anilines is 1. The number of benzene rings is 1. The van der Waals surface area contributed by atoms with E-state index in [1.54, 1.807) is 24.1 Å². The summed E-state index contributed by atoms with van der Waals surface area (Å²) >= 11 is 6.04. The monoisotopic (exact) mass is 454 g/mol. The molecule has 2 aliphatic rings. The van der Waals surface area contributed by atoms with E-state index < -0.39 is 6.04 Å². The zero-order chi connectivity index (χ0) is 22.5. The second kappa shape index (κ2) is 7.67. The average molecular weight is 455 g/mol. The molecule has 2 N–H and O–H groups in total. The molecule has 9 nitrogen and oxygen atoms in total. The molecular weight excluding hydrogens is 432 g/mol.